The fourth-order valence-electron chi connectivity index (χ4n) is 2.95. The third-order valence-electron chi connectivity index (χ3n) is 4.04. The molecule has 2 amide bonds. The molecule has 0 aliphatic carbocycles. The number of hydrogen-bond acceptors (Lipinski definition) is 6. The molecule has 1 atom stereocenters. The Kier molecular flexibility index (Phi) is 3.71. The number of carbonyl (C=O) groups excluding carboxylic acids is 2. The van der Waals surface area contributed by atoms with Gasteiger partial charge in [-0.25, -0.2) is 5.01 Å². The highest BCUT2D eigenvalue weighted by Gasteiger charge is 2.50. The number of fused-ring (bicyclic) bond motifs is 3. The third kappa shape index (κ3) is 2.82. The van der Waals surface area contributed by atoms with Gasteiger partial charge >= 0.3 is 6.36 Å². The van der Waals surface area contributed by atoms with Crippen LogP contribution in [0.1, 0.15) is 10.4 Å². The summed E-state index contributed by atoms with van der Waals surface area (Å²) >= 11 is 0. The van der Waals surface area contributed by atoms with Crippen LogP contribution in [-0.2, 0) is 4.79 Å². The Morgan fingerprint density at radius 1 is 1.04 bits per heavy atom. The molecule has 1 saturated heterocycles. The Morgan fingerprint density at radius 2 is 1.70 bits per heavy atom. The number of nitrogens with one attached hydrogen (secondary N) is 1. The van der Waals surface area contributed by atoms with E-state index in [1.54, 1.807) is 18.2 Å². The highest BCUT2D eigenvalue weighted by Crippen LogP contribution is 2.35. The maximum atomic E-state index is 12.7. The van der Waals surface area contributed by atoms with Crippen LogP contribution in [0.4, 0.5) is 24.5 Å². The van der Waals surface area contributed by atoms with Crippen molar-refractivity contribution < 1.29 is 32.7 Å². The quantitative estimate of drug-likeness (QED) is 0.829. The number of ether oxygens (including phenoxy) is 1. The molecule has 0 saturated carbocycles. The number of hydrogen-bond donors (Lipinski definition) is 2. The molecule has 1 fully saturated rings. The molecule has 4 rings (SSSR count). The summed E-state index contributed by atoms with van der Waals surface area (Å²) in [7, 11) is 0. The fraction of sp³-hybridized carbons (Fsp3) is 0.125. The lowest BCUT2D eigenvalue weighted by molar-refractivity contribution is -0.274. The molecule has 0 spiro atoms. The van der Waals surface area contributed by atoms with Crippen LogP contribution in [0.3, 0.4) is 0 Å². The van der Waals surface area contributed by atoms with E-state index in [0.717, 1.165) is 17.1 Å². The monoisotopic (exact) mass is 380 g/mol. The summed E-state index contributed by atoms with van der Waals surface area (Å²) in [4.78, 5) is 24.8. The van der Waals surface area contributed by atoms with Crippen LogP contribution >= 0.6 is 0 Å². The minimum Gasteiger partial charge on any atom is -0.406 e. The van der Waals surface area contributed by atoms with E-state index < -0.39 is 30.1 Å². The number of halogens is 3. The molecule has 2 aromatic rings. The van der Waals surface area contributed by atoms with Crippen molar-refractivity contribution in [2.75, 3.05) is 10.0 Å². The van der Waals surface area contributed by atoms with Crippen molar-refractivity contribution >= 4 is 23.2 Å². The van der Waals surface area contributed by atoms with Gasteiger partial charge in [0.2, 0.25) is 6.17 Å². The summed E-state index contributed by atoms with van der Waals surface area (Å²) in [6.45, 7) is 0. The number of benzene rings is 2. The first kappa shape index (κ1) is 17.1. The number of nitrogens with zero attached hydrogens (tertiary/aromatic N) is 3. The first-order valence-electron chi connectivity index (χ1n) is 7.64. The van der Waals surface area contributed by atoms with Crippen molar-refractivity contribution in [2.24, 2.45) is 0 Å². The molecule has 0 aromatic heterocycles. The number of anilines is 2. The molecule has 0 bridgehead atoms. The summed E-state index contributed by atoms with van der Waals surface area (Å²) in [5, 5.41) is 15.5. The van der Waals surface area contributed by atoms with Gasteiger partial charge in [-0.3, -0.25) is 14.8 Å². The second-order valence-corrected chi connectivity index (χ2v) is 5.70. The second-order valence-electron chi connectivity index (χ2n) is 5.70. The molecular weight excluding hydrogens is 369 g/mol. The highest BCUT2D eigenvalue weighted by molar-refractivity contribution is 6.10. The van der Waals surface area contributed by atoms with Crippen molar-refractivity contribution in [1.82, 2.24) is 10.6 Å². The molecule has 2 aliphatic heterocycles. The van der Waals surface area contributed by atoms with E-state index in [2.05, 4.69) is 10.1 Å². The first-order valence-corrected chi connectivity index (χ1v) is 7.64. The lowest BCUT2D eigenvalue weighted by Gasteiger charge is -2.33. The highest BCUT2D eigenvalue weighted by atomic mass is 19.4. The molecule has 140 valence electrons. The Bertz CT molecular complexity index is 919. The van der Waals surface area contributed by atoms with Gasteiger partial charge in [0.05, 0.1) is 16.9 Å². The Balaban J connectivity index is 1.67. The topological polar surface area (TPSA) is 85.3 Å². The van der Waals surface area contributed by atoms with Crippen LogP contribution in [0.25, 0.3) is 0 Å². The summed E-state index contributed by atoms with van der Waals surface area (Å²) in [6.07, 6.45) is -6.04. The van der Waals surface area contributed by atoms with Gasteiger partial charge in [-0.2, -0.15) is 5.01 Å². The maximum absolute atomic E-state index is 12.7. The van der Waals surface area contributed by atoms with Gasteiger partial charge in [0.15, 0.2) is 0 Å². The van der Waals surface area contributed by atoms with Gasteiger partial charge in [0, 0.05) is 5.28 Å². The molecule has 2 N–H and O–H groups in total. The first-order chi connectivity index (χ1) is 12.8. The zero-order chi connectivity index (χ0) is 19.3. The number of alkyl halides is 3. The van der Waals surface area contributed by atoms with E-state index in [1.807, 2.05) is 0 Å². The summed E-state index contributed by atoms with van der Waals surface area (Å²) in [6, 6.07) is 10.7. The SMILES string of the molecule is O=C1NC2C(=O)N(c3ccc(OC(F)(F)F)cc3)N(O)N2c2ccccc21. The molecular formula is C16H11F3N4O4. The number of carbonyl (C=O) groups is 2. The lowest BCUT2D eigenvalue weighted by Crippen LogP contribution is -2.55. The number of rotatable bonds is 2. The second kappa shape index (κ2) is 5.86. The molecule has 2 aliphatic rings. The summed E-state index contributed by atoms with van der Waals surface area (Å²) in [5.41, 5.74) is 0.649. The Morgan fingerprint density at radius 3 is 2.37 bits per heavy atom. The summed E-state index contributed by atoms with van der Waals surface area (Å²) < 4.78 is 40.6. The normalized spacial score (nSPS) is 19.6. The molecule has 8 nitrogen and oxygen atoms in total. The molecule has 2 aromatic carbocycles. The average Bonchev–Trinajstić information content (AvgIpc) is 2.86. The largest absolute Gasteiger partial charge is 0.573 e. The van der Waals surface area contributed by atoms with Crippen LogP contribution in [0.15, 0.2) is 48.5 Å². The Labute approximate surface area is 149 Å². The number of amides is 2. The van der Waals surface area contributed by atoms with Gasteiger partial charge in [0.25, 0.3) is 11.8 Å². The zero-order valence-corrected chi connectivity index (χ0v) is 13.3. The molecule has 27 heavy (non-hydrogen) atoms. The van der Waals surface area contributed by atoms with Crippen molar-refractivity contribution in [3.8, 4) is 5.75 Å². The molecule has 1 unspecified atom stereocenters. The van der Waals surface area contributed by atoms with Crippen LogP contribution < -0.4 is 20.1 Å². The zero-order valence-electron chi connectivity index (χ0n) is 13.3. The Hall–Kier alpha value is -3.31. The third-order valence-corrected chi connectivity index (χ3v) is 4.04. The van der Waals surface area contributed by atoms with E-state index in [1.165, 1.54) is 23.2 Å². The van der Waals surface area contributed by atoms with Crippen molar-refractivity contribution in [3.05, 3.63) is 54.1 Å². The average molecular weight is 380 g/mol. The van der Waals surface area contributed by atoms with E-state index in [9.17, 15) is 28.0 Å². The van der Waals surface area contributed by atoms with Gasteiger partial charge in [-0.1, -0.05) is 12.1 Å². The van der Waals surface area contributed by atoms with Crippen molar-refractivity contribution in [1.29, 1.82) is 0 Å². The van der Waals surface area contributed by atoms with Gasteiger partial charge in [-0.15, -0.1) is 13.2 Å². The van der Waals surface area contributed by atoms with Crippen LogP contribution in [0.2, 0.25) is 0 Å². The van der Waals surface area contributed by atoms with E-state index in [4.69, 9.17) is 0 Å². The van der Waals surface area contributed by atoms with Gasteiger partial charge in [0.1, 0.15) is 5.75 Å². The van der Waals surface area contributed by atoms with E-state index in [-0.39, 0.29) is 11.3 Å². The lowest BCUT2D eigenvalue weighted by atomic mass is 10.1. The fourth-order valence-corrected chi connectivity index (χ4v) is 2.95. The van der Waals surface area contributed by atoms with Crippen molar-refractivity contribution in [3.63, 3.8) is 0 Å². The molecule has 2 heterocycles. The minimum atomic E-state index is -4.84. The standard InChI is InChI=1S/C16H11F3N4O4/c17-16(18,19)27-10-7-5-9(6-8-10)21-15(25)13-20-14(24)11-3-1-2-4-12(11)22(13)23(21)26/h1-8,13,26H,(H,20,24). The van der Waals surface area contributed by atoms with Crippen LogP contribution in [-0.4, -0.2) is 34.8 Å². The van der Waals surface area contributed by atoms with Crippen LogP contribution in [0.5, 0.6) is 5.75 Å². The van der Waals surface area contributed by atoms with E-state index >= 15 is 0 Å². The molecule has 0 radical (unpaired) electrons. The number of para-hydroxylation sites is 1. The predicted molar refractivity (Wildman–Crippen MR) is 84.4 cm³/mol. The molecule has 11 heteroatoms. The predicted octanol–water partition coefficient (Wildman–Crippen LogP) is 2.03. The number of hydrazine groups is 2. The van der Waals surface area contributed by atoms with Crippen LogP contribution in [0, 0.1) is 0 Å². The van der Waals surface area contributed by atoms with Gasteiger partial charge in [-0.05, 0) is 36.4 Å². The summed E-state index contributed by atoms with van der Waals surface area (Å²) in [5.74, 6) is -1.65. The minimum absolute atomic E-state index is 0.0816. The smallest absolute Gasteiger partial charge is 0.406 e. The van der Waals surface area contributed by atoms with Crippen molar-refractivity contribution in [2.45, 2.75) is 12.5 Å². The maximum Gasteiger partial charge on any atom is 0.573 e. The van der Waals surface area contributed by atoms with E-state index in [0.29, 0.717) is 11.0 Å². The van der Waals surface area contributed by atoms with Gasteiger partial charge < -0.3 is 10.1 Å².